The average Bonchev–Trinajstić information content (AvgIpc) is 3.10. The molecule has 1 aromatic rings. The van der Waals surface area contributed by atoms with E-state index in [4.69, 9.17) is 4.74 Å². The van der Waals surface area contributed by atoms with Gasteiger partial charge in [0.15, 0.2) is 0 Å². The van der Waals surface area contributed by atoms with Gasteiger partial charge in [0, 0.05) is 6.61 Å². The number of rotatable bonds is 5. The zero-order valence-corrected chi connectivity index (χ0v) is 12.0. The Hall–Kier alpha value is -1.59. The number of hydrogen-bond acceptors (Lipinski definition) is 3. The molecule has 0 spiro atoms. The number of urea groups is 1. The van der Waals surface area contributed by atoms with Gasteiger partial charge < -0.3 is 20.5 Å². The molecule has 0 aliphatic carbocycles. The van der Waals surface area contributed by atoms with E-state index in [1.807, 2.05) is 30.3 Å². The first-order valence-corrected chi connectivity index (χ1v) is 7.64. The van der Waals surface area contributed by atoms with Gasteiger partial charge in [-0.25, -0.2) is 4.79 Å². The molecule has 5 nitrogen and oxygen atoms in total. The molecule has 0 radical (unpaired) electrons. The maximum atomic E-state index is 12.2. The van der Waals surface area contributed by atoms with Gasteiger partial charge in [0.05, 0.1) is 24.3 Å². The molecule has 0 aromatic heterocycles. The standard InChI is InChI=1S/C16H22N2O3/c19-9-8-13(11-4-2-1-3-5-11)17-16(20)18-14-10-12-6-7-15(14)21-12/h1-5,12-15,19H,6-10H2,(H2,17,18,20)/t12?,13-,14?,15?/m1/s1. The molecule has 2 amide bonds. The minimum atomic E-state index is -0.182. The number of ether oxygens (including phenoxy) is 1. The van der Waals surface area contributed by atoms with E-state index in [1.165, 1.54) is 0 Å². The lowest BCUT2D eigenvalue weighted by Gasteiger charge is -2.23. The van der Waals surface area contributed by atoms with Crippen molar-refractivity contribution in [2.75, 3.05) is 6.61 Å². The molecule has 3 rings (SSSR count). The van der Waals surface area contributed by atoms with Crippen LogP contribution < -0.4 is 10.6 Å². The number of fused-ring (bicyclic) bond motifs is 2. The Morgan fingerprint density at radius 3 is 2.76 bits per heavy atom. The SMILES string of the molecule is O=C(NC1CC2CCC1O2)N[C@H](CCO)c1ccccc1. The third-order valence-electron chi connectivity index (χ3n) is 4.35. The van der Waals surface area contributed by atoms with Crippen molar-refractivity contribution in [3.05, 3.63) is 35.9 Å². The van der Waals surface area contributed by atoms with Crippen LogP contribution in [-0.2, 0) is 4.74 Å². The second-order valence-electron chi connectivity index (χ2n) is 5.81. The van der Waals surface area contributed by atoms with Crippen LogP contribution in [0.4, 0.5) is 4.79 Å². The van der Waals surface area contributed by atoms with Crippen LogP contribution in [0, 0.1) is 0 Å². The Morgan fingerprint density at radius 1 is 1.33 bits per heavy atom. The van der Waals surface area contributed by atoms with E-state index in [9.17, 15) is 9.90 Å². The van der Waals surface area contributed by atoms with E-state index in [-0.39, 0.29) is 30.8 Å². The van der Waals surface area contributed by atoms with E-state index in [1.54, 1.807) is 0 Å². The summed E-state index contributed by atoms with van der Waals surface area (Å²) in [5.41, 5.74) is 1.01. The lowest BCUT2D eigenvalue weighted by molar-refractivity contribution is 0.0980. The predicted molar refractivity (Wildman–Crippen MR) is 78.9 cm³/mol. The summed E-state index contributed by atoms with van der Waals surface area (Å²) in [5.74, 6) is 0. The lowest BCUT2D eigenvalue weighted by Crippen LogP contribution is -2.47. The summed E-state index contributed by atoms with van der Waals surface area (Å²) in [4.78, 5) is 12.2. The third kappa shape index (κ3) is 3.36. The summed E-state index contributed by atoms with van der Waals surface area (Å²) in [6.07, 6.45) is 4.06. The third-order valence-corrected chi connectivity index (χ3v) is 4.35. The molecule has 0 saturated carbocycles. The van der Waals surface area contributed by atoms with Gasteiger partial charge >= 0.3 is 6.03 Å². The highest BCUT2D eigenvalue weighted by Crippen LogP contribution is 2.34. The Labute approximate surface area is 124 Å². The number of aliphatic hydroxyl groups excluding tert-OH is 1. The van der Waals surface area contributed by atoms with Crippen molar-refractivity contribution in [1.82, 2.24) is 10.6 Å². The quantitative estimate of drug-likeness (QED) is 0.773. The fourth-order valence-corrected chi connectivity index (χ4v) is 3.29. The normalized spacial score (nSPS) is 28.3. The minimum Gasteiger partial charge on any atom is -0.396 e. The van der Waals surface area contributed by atoms with E-state index in [2.05, 4.69) is 10.6 Å². The van der Waals surface area contributed by atoms with Gasteiger partial charge in [0.25, 0.3) is 0 Å². The van der Waals surface area contributed by atoms with Crippen LogP contribution in [0.5, 0.6) is 0 Å². The van der Waals surface area contributed by atoms with Crippen molar-refractivity contribution in [3.63, 3.8) is 0 Å². The van der Waals surface area contributed by atoms with E-state index < -0.39 is 0 Å². The Bertz CT molecular complexity index is 480. The van der Waals surface area contributed by atoms with Crippen molar-refractivity contribution in [3.8, 4) is 0 Å². The zero-order chi connectivity index (χ0) is 14.7. The largest absolute Gasteiger partial charge is 0.396 e. The maximum Gasteiger partial charge on any atom is 0.315 e. The summed E-state index contributed by atoms with van der Waals surface area (Å²) >= 11 is 0. The fraction of sp³-hybridized carbons (Fsp3) is 0.562. The van der Waals surface area contributed by atoms with Crippen LogP contribution in [0.3, 0.4) is 0 Å². The number of benzene rings is 1. The molecule has 2 aliphatic heterocycles. The number of amides is 2. The summed E-state index contributed by atoms with van der Waals surface area (Å²) in [6, 6.07) is 9.49. The number of carbonyl (C=O) groups is 1. The first-order chi connectivity index (χ1) is 10.3. The smallest absolute Gasteiger partial charge is 0.315 e. The number of hydrogen-bond donors (Lipinski definition) is 3. The summed E-state index contributed by atoms with van der Waals surface area (Å²) < 4.78 is 5.74. The molecule has 3 unspecified atom stereocenters. The van der Waals surface area contributed by atoms with Crippen molar-refractivity contribution < 1.29 is 14.6 Å². The average molecular weight is 290 g/mol. The lowest BCUT2D eigenvalue weighted by atomic mass is 9.96. The highest BCUT2D eigenvalue weighted by Gasteiger charge is 2.41. The van der Waals surface area contributed by atoms with Crippen LogP contribution in [0.15, 0.2) is 30.3 Å². The van der Waals surface area contributed by atoms with E-state index in [0.717, 1.165) is 24.8 Å². The second kappa shape index (κ2) is 6.45. The minimum absolute atomic E-state index is 0.0388. The number of nitrogens with one attached hydrogen (secondary N) is 2. The highest BCUT2D eigenvalue weighted by atomic mass is 16.5. The molecule has 4 atom stereocenters. The predicted octanol–water partition coefficient (Wildman–Crippen LogP) is 1.73. The number of aliphatic hydroxyl groups is 1. The Morgan fingerprint density at radius 2 is 2.14 bits per heavy atom. The van der Waals surface area contributed by atoms with Gasteiger partial charge in [-0.3, -0.25) is 0 Å². The number of carbonyl (C=O) groups excluding carboxylic acids is 1. The molecule has 1 aromatic carbocycles. The molecular weight excluding hydrogens is 268 g/mol. The first-order valence-electron chi connectivity index (χ1n) is 7.64. The molecule has 114 valence electrons. The molecule has 21 heavy (non-hydrogen) atoms. The molecule has 2 saturated heterocycles. The van der Waals surface area contributed by atoms with Gasteiger partial charge in [0.1, 0.15) is 0 Å². The molecule has 5 heteroatoms. The topological polar surface area (TPSA) is 70.6 Å². The molecule has 2 heterocycles. The summed E-state index contributed by atoms with van der Waals surface area (Å²) in [5, 5.41) is 15.2. The molecule has 3 N–H and O–H groups in total. The second-order valence-corrected chi connectivity index (χ2v) is 5.81. The van der Waals surface area contributed by atoms with Crippen molar-refractivity contribution >= 4 is 6.03 Å². The van der Waals surface area contributed by atoms with Gasteiger partial charge in [-0.15, -0.1) is 0 Å². The van der Waals surface area contributed by atoms with E-state index >= 15 is 0 Å². The van der Waals surface area contributed by atoms with Gasteiger partial charge in [-0.1, -0.05) is 30.3 Å². The summed E-state index contributed by atoms with van der Waals surface area (Å²) in [7, 11) is 0. The molecule has 2 bridgehead atoms. The van der Waals surface area contributed by atoms with Crippen LogP contribution in [-0.4, -0.2) is 36.0 Å². The maximum absolute atomic E-state index is 12.2. The summed E-state index contributed by atoms with van der Waals surface area (Å²) in [6.45, 7) is 0.0388. The van der Waals surface area contributed by atoms with Crippen LogP contribution in [0.1, 0.15) is 37.3 Å². The highest BCUT2D eigenvalue weighted by molar-refractivity contribution is 5.75. The monoisotopic (exact) mass is 290 g/mol. The first kappa shape index (κ1) is 14.4. The fourth-order valence-electron chi connectivity index (χ4n) is 3.29. The Kier molecular flexibility index (Phi) is 4.41. The van der Waals surface area contributed by atoms with Crippen LogP contribution in [0.25, 0.3) is 0 Å². The van der Waals surface area contributed by atoms with Gasteiger partial charge in [-0.2, -0.15) is 0 Å². The van der Waals surface area contributed by atoms with Gasteiger partial charge in [-0.05, 0) is 31.2 Å². The molecule has 2 aliphatic rings. The zero-order valence-electron chi connectivity index (χ0n) is 12.0. The Balaban J connectivity index is 1.56. The van der Waals surface area contributed by atoms with Crippen molar-refractivity contribution in [1.29, 1.82) is 0 Å². The van der Waals surface area contributed by atoms with Crippen LogP contribution in [0.2, 0.25) is 0 Å². The van der Waals surface area contributed by atoms with Gasteiger partial charge in [0.2, 0.25) is 0 Å². The van der Waals surface area contributed by atoms with Crippen molar-refractivity contribution in [2.45, 2.75) is 50.0 Å². The molecule has 2 fully saturated rings. The van der Waals surface area contributed by atoms with E-state index in [0.29, 0.717) is 12.5 Å². The van der Waals surface area contributed by atoms with Crippen LogP contribution >= 0.6 is 0 Å². The molecular formula is C16H22N2O3. The van der Waals surface area contributed by atoms with Crippen molar-refractivity contribution in [2.24, 2.45) is 0 Å².